The van der Waals surface area contributed by atoms with Crippen molar-refractivity contribution >= 4 is 11.8 Å². The van der Waals surface area contributed by atoms with Crippen molar-refractivity contribution in [3.63, 3.8) is 0 Å². The molecule has 1 aliphatic rings. The Morgan fingerprint density at radius 1 is 1.38 bits per heavy atom. The van der Waals surface area contributed by atoms with Crippen molar-refractivity contribution in [2.75, 3.05) is 19.6 Å². The van der Waals surface area contributed by atoms with Gasteiger partial charge >= 0.3 is 0 Å². The van der Waals surface area contributed by atoms with Gasteiger partial charge in [-0.1, -0.05) is 11.6 Å². The average Bonchev–Trinajstić information content (AvgIpc) is 2.43. The molecule has 0 aliphatic carbocycles. The van der Waals surface area contributed by atoms with Gasteiger partial charge in [-0.3, -0.25) is 14.5 Å². The molecule has 0 spiro atoms. The van der Waals surface area contributed by atoms with Gasteiger partial charge in [0.1, 0.15) is 5.75 Å². The third-order valence-corrected chi connectivity index (χ3v) is 3.70. The highest BCUT2D eigenvalue weighted by molar-refractivity contribution is 5.97. The number of hydrogen-bond donors (Lipinski definition) is 3. The van der Waals surface area contributed by atoms with E-state index >= 15 is 0 Å². The van der Waals surface area contributed by atoms with Gasteiger partial charge in [0, 0.05) is 19.1 Å². The molecular formula is C15H21N3O3. The number of benzene rings is 1. The maximum Gasteiger partial charge on any atom is 0.255 e. The first kappa shape index (κ1) is 15.3. The van der Waals surface area contributed by atoms with Crippen LogP contribution < -0.4 is 11.1 Å². The van der Waals surface area contributed by atoms with Crippen LogP contribution in [0.2, 0.25) is 0 Å². The smallest absolute Gasteiger partial charge is 0.255 e. The molecule has 0 saturated carbocycles. The summed E-state index contributed by atoms with van der Waals surface area (Å²) in [5.74, 6) is -0.601. The summed E-state index contributed by atoms with van der Waals surface area (Å²) < 4.78 is 0. The predicted octanol–water partition coefficient (Wildman–Crippen LogP) is 0.380. The molecule has 1 heterocycles. The van der Waals surface area contributed by atoms with E-state index in [2.05, 4.69) is 5.32 Å². The van der Waals surface area contributed by atoms with Crippen molar-refractivity contribution in [3.05, 3.63) is 29.3 Å². The molecule has 1 aliphatic heterocycles. The molecule has 4 N–H and O–H groups in total. The summed E-state index contributed by atoms with van der Waals surface area (Å²) in [7, 11) is 0. The number of rotatable bonds is 4. The number of phenolic OH excluding ortho intramolecular Hbond substituents is 1. The predicted molar refractivity (Wildman–Crippen MR) is 79.0 cm³/mol. The minimum absolute atomic E-state index is 0.00994. The van der Waals surface area contributed by atoms with Crippen LogP contribution in [0.15, 0.2) is 18.2 Å². The van der Waals surface area contributed by atoms with Crippen LogP contribution in [0.5, 0.6) is 5.75 Å². The number of aryl methyl sites for hydroxylation is 1. The second-order valence-electron chi connectivity index (χ2n) is 5.51. The van der Waals surface area contributed by atoms with E-state index < -0.39 is 0 Å². The van der Waals surface area contributed by atoms with E-state index in [1.165, 1.54) is 6.07 Å². The Labute approximate surface area is 123 Å². The van der Waals surface area contributed by atoms with Crippen molar-refractivity contribution in [1.82, 2.24) is 10.2 Å². The fraction of sp³-hybridized carbons (Fsp3) is 0.467. The average molecular weight is 291 g/mol. The molecule has 6 heteroatoms. The van der Waals surface area contributed by atoms with Gasteiger partial charge in [0.25, 0.3) is 5.91 Å². The Kier molecular flexibility index (Phi) is 4.80. The van der Waals surface area contributed by atoms with E-state index in [1.807, 2.05) is 11.8 Å². The van der Waals surface area contributed by atoms with Crippen LogP contribution >= 0.6 is 0 Å². The SMILES string of the molecule is Cc1ccc(O)c(C(=O)NC2CCN(CC(N)=O)CC2)c1. The Balaban J connectivity index is 1.90. The van der Waals surface area contributed by atoms with E-state index in [0.717, 1.165) is 31.5 Å². The molecule has 0 aromatic heterocycles. The van der Waals surface area contributed by atoms with Crippen molar-refractivity contribution < 1.29 is 14.7 Å². The van der Waals surface area contributed by atoms with Crippen LogP contribution in [0, 0.1) is 6.92 Å². The molecule has 2 amide bonds. The summed E-state index contributed by atoms with van der Waals surface area (Å²) in [4.78, 5) is 25.0. The highest BCUT2D eigenvalue weighted by atomic mass is 16.3. The number of likely N-dealkylation sites (tertiary alicyclic amines) is 1. The van der Waals surface area contributed by atoms with Crippen LogP contribution in [0.4, 0.5) is 0 Å². The summed E-state index contributed by atoms with van der Waals surface area (Å²) >= 11 is 0. The van der Waals surface area contributed by atoms with Crippen molar-refractivity contribution in [2.45, 2.75) is 25.8 Å². The standard InChI is InChI=1S/C15H21N3O3/c1-10-2-3-13(19)12(8-10)15(21)17-11-4-6-18(7-5-11)9-14(16)20/h2-3,8,11,19H,4-7,9H2,1H3,(H2,16,20)(H,17,21). The highest BCUT2D eigenvalue weighted by Gasteiger charge is 2.22. The first-order chi connectivity index (χ1) is 9.95. The van der Waals surface area contributed by atoms with E-state index in [0.29, 0.717) is 5.56 Å². The van der Waals surface area contributed by atoms with Crippen LogP contribution in [0.3, 0.4) is 0 Å². The molecule has 21 heavy (non-hydrogen) atoms. The molecule has 0 bridgehead atoms. The summed E-state index contributed by atoms with van der Waals surface area (Å²) in [6.45, 7) is 3.60. The highest BCUT2D eigenvalue weighted by Crippen LogP contribution is 2.19. The van der Waals surface area contributed by atoms with Crippen LogP contribution in [0.25, 0.3) is 0 Å². The first-order valence-corrected chi connectivity index (χ1v) is 7.07. The first-order valence-electron chi connectivity index (χ1n) is 7.07. The molecule has 0 atom stereocenters. The Hall–Kier alpha value is -2.08. The lowest BCUT2D eigenvalue weighted by molar-refractivity contribution is -0.119. The lowest BCUT2D eigenvalue weighted by Gasteiger charge is -2.31. The molecule has 0 radical (unpaired) electrons. The molecule has 2 rings (SSSR count). The van der Waals surface area contributed by atoms with Gasteiger partial charge in [-0.15, -0.1) is 0 Å². The number of carbonyl (C=O) groups is 2. The van der Waals surface area contributed by atoms with Gasteiger partial charge in [0.2, 0.25) is 5.91 Å². The van der Waals surface area contributed by atoms with Crippen molar-refractivity contribution in [1.29, 1.82) is 0 Å². The number of nitrogens with zero attached hydrogens (tertiary/aromatic N) is 1. The third-order valence-electron chi connectivity index (χ3n) is 3.70. The van der Waals surface area contributed by atoms with E-state index in [4.69, 9.17) is 5.73 Å². The van der Waals surface area contributed by atoms with Gasteiger partial charge in [0.15, 0.2) is 0 Å². The summed E-state index contributed by atoms with van der Waals surface area (Å²) in [5.41, 5.74) is 6.39. The summed E-state index contributed by atoms with van der Waals surface area (Å²) in [6, 6.07) is 5.02. The summed E-state index contributed by atoms with van der Waals surface area (Å²) in [6.07, 6.45) is 1.54. The number of hydrogen-bond acceptors (Lipinski definition) is 4. The number of phenols is 1. The normalized spacial score (nSPS) is 16.6. The molecular weight excluding hydrogens is 270 g/mol. The second-order valence-corrected chi connectivity index (χ2v) is 5.51. The molecule has 0 unspecified atom stereocenters. The number of nitrogens with two attached hydrogens (primary N) is 1. The zero-order valence-electron chi connectivity index (χ0n) is 12.1. The van der Waals surface area contributed by atoms with Crippen molar-refractivity contribution in [3.8, 4) is 5.75 Å². The molecule has 114 valence electrons. The number of nitrogens with one attached hydrogen (secondary N) is 1. The van der Waals surface area contributed by atoms with Gasteiger partial charge < -0.3 is 16.2 Å². The van der Waals surface area contributed by atoms with Crippen molar-refractivity contribution in [2.24, 2.45) is 5.73 Å². The molecule has 6 nitrogen and oxygen atoms in total. The Morgan fingerprint density at radius 3 is 2.67 bits per heavy atom. The number of aromatic hydroxyl groups is 1. The third kappa shape index (κ3) is 4.19. The van der Waals surface area contributed by atoms with Crippen LogP contribution in [-0.4, -0.2) is 47.5 Å². The Morgan fingerprint density at radius 2 is 2.05 bits per heavy atom. The lowest BCUT2D eigenvalue weighted by atomic mass is 10.0. The molecule has 1 saturated heterocycles. The second kappa shape index (κ2) is 6.58. The maximum absolute atomic E-state index is 12.2. The minimum atomic E-state index is -0.331. The molecule has 1 aromatic carbocycles. The summed E-state index contributed by atoms with van der Waals surface area (Å²) in [5, 5.41) is 12.7. The molecule has 1 fully saturated rings. The van der Waals surface area contributed by atoms with Gasteiger partial charge in [-0.2, -0.15) is 0 Å². The number of piperidine rings is 1. The van der Waals surface area contributed by atoms with E-state index in [-0.39, 0.29) is 30.2 Å². The van der Waals surface area contributed by atoms with Gasteiger partial charge in [0.05, 0.1) is 12.1 Å². The van der Waals surface area contributed by atoms with Gasteiger partial charge in [-0.05, 0) is 31.9 Å². The largest absolute Gasteiger partial charge is 0.507 e. The number of carbonyl (C=O) groups excluding carboxylic acids is 2. The minimum Gasteiger partial charge on any atom is -0.507 e. The monoisotopic (exact) mass is 291 g/mol. The van der Waals surface area contributed by atoms with Crippen LogP contribution in [0.1, 0.15) is 28.8 Å². The van der Waals surface area contributed by atoms with Crippen LogP contribution in [-0.2, 0) is 4.79 Å². The lowest BCUT2D eigenvalue weighted by Crippen LogP contribution is -2.46. The number of primary amides is 1. The van der Waals surface area contributed by atoms with E-state index in [9.17, 15) is 14.7 Å². The maximum atomic E-state index is 12.2. The topological polar surface area (TPSA) is 95.7 Å². The quantitative estimate of drug-likeness (QED) is 0.747. The zero-order chi connectivity index (χ0) is 15.4. The Bertz CT molecular complexity index is 537. The fourth-order valence-electron chi connectivity index (χ4n) is 2.55. The fourth-order valence-corrected chi connectivity index (χ4v) is 2.55. The van der Waals surface area contributed by atoms with E-state index in [1.54, 1.807) is 12.1 Å². The molecule has 1 aromatic rings. The van der Waals surface area contributed by atoms with Gasteiger partial charge in [-0.25, -0.2) is 0 Å². The zero-order valence-corrected chi connectivity index (χ0v) is 12.1. The number of amides is 2.